The molecule has 2 N–H and O–H groups in total. The lowest BCUT2D eigenvalue weighted by Crippen LogP contribution is -2.57. The number of rotatable bonds is 6. The van der Waals surface area contributed by atoms with E-state index in [0.717, 1.165) is 43.6 Å². The average Bonchev–Trinajstić information content (AvgIpc) is 2.90. The number of benzene rings is 2. The van der Waals surface area contributed by atoms with Gasteiger partial charge in [-0.2, -0.15) is 0 Å². The Balaban J connectivity index is 1.24. The third-order valence-corrected chi connectivity index (χ3v) is 8.37. The van der Waals surface area contributed by atoms with Gasteiger partial charge in [0.25, 0.3) is 0 Å². The van der Waals surface area contributed by atoms with Crippen molar-refractivity contribution in [3.63, 3.8) is 0 Å². The lowest BCUT2D eigenvalue weighted by molar-refractivity contribution is -0.132. The summed E-state index contributed by atoms with van der Waals surface area (Å²) in [6.07, 6.45) is 3.12. The number of alkyl carbamates (subject to hydrolysis) is 1. The van der Waals surface area contributed by atoms with E-state index in [1.165, 1.54) is 0 Å². The van der Waals surface area contributed by atoms with E-state index >= 15 is 0 Å². The fraction of sp³-hybridized carbons (Fsp3) is 0.483. The van der Waals surface area contributed by atoms with Crippen LogP contribution in [0.4, 0.5) is 4.79 Å². The quantitative estimate of drug-likeness (QED) is 0.623. The molecule has 4 aliphatic rings. The van der Waals surface area contributed by atoms with Gasteiger partial charge in [0.15, 0.2) is 0 Å². The fourth-order valence-electron chi connectivity index (χ4n) is 6.15. The normalized spacial score (nSPS) is 24.4. The van der Waals surface area contributed by atoms with Gasteiger partial charge in [0, 0.05) is 19.6 Å². The number of likely N-dealkylation sites (tertiary alicyclic amines) is 1. The molecule has 0 radical (unpaired) electrons. The van der Waals surface area contributed by atoms with Crippen LogP contribution in [-0.4, -0.2) is 71.7 Å². The molecule has 0 aliphatic carbocycles. The van der Waals surface area contributed by atoms with Crippen LogP contribution in [0.1, 0.15) is 52.7 Å². The number of piperidine rings is 4. The number of amides is 2. The highest BCUT2D eigenvalue weighted by Gasteiger charge is 2.41. The molecule has 0 aromatic heterocycles. The fourth-order valence-corrected chi connectivity index (χ4v) is 6.15. The first-order chi connectivity index (χ1) is 17.8. The van der Waals surface area contributed by atoms with Crippen molar-refractivity contribution >= 4 is 18.0 Å². The summed E-state index contributed by atoms with van der Waals surface area (Å²) in [7, 11) is 0. The molecule has 8 nitrogen and oxygen atoms in total. The SMILES string of the molecule is Cc1cc(CC(=O)N2CCC(NC(=O)O[C@H]3CN4CCC3CC4)(c3ccccc3)CC2)ccc1C(=O)O. The van der Waals surface area contributed by atoms with Crippen LogP contribution in [0, 0.1) is 12.8 Å². The topological polar surface area (TPSA) is 99.2 Å². The molecule has 196 valence electrons. The third kappa shape index (κ3) is 5.49. The van der Waals surface area contributed by atoms with Gasteiger partial charge in [0.1, 0.15) is 6.10 Å². The molecule has 6 rings (SSSR count). The maximum atomic E-state index is 13.1. The minimum absolute atomic E-state index is 0.000932. The molecule has 0 spiro atoms. The third-order valence-electron chi connectivity index (χ3n) is 8.37. The molecule has 2 aromatic rings. The molecule has 0 unspecified atom stereocenters. The average molecular weight is 506 g/mol. The van der Waals surface area contributed by atoms with Gasteiger partial charge in [-0.3, -0.25) is 9.69 Å². The van der Waals surface area contributed by atoms with Gasteiger partial charge in [-0.25, -0.2) is 9.59 Å². The van der Waals surface area contributed by atoms with E-state index in [4.69, 9.17) is 4.74 Å². The summed E-state index contributed by atoms with van der Waals surface area (Å²) in [5.74, 6) is -0.529. The van der Waals surface area contributed by atoms with Gasteiger partial charge in [-0.1, -0.05) is 42.5 Å². The first-order valence-electron chi connectivity index (χ1n) is 13.2. The lowest BCUT2D eigenvalue weighted by atomic mass is 9.80. The van der Waals surface area contributed by atoms with Crippen molar-refractivity contribution in [3.05, 3.63) is 70.8 Å². The Morgan fingerprint density at radius 2 is 1.73 bits per heavy atom. The van der Waals surface area contributed by atoms with Crippen molar-refractivity contribution in [1.82, 2.24) is 15.1 Å². The number of carboxylic acid groups (broad SMARTS) is 1. The standard InChI is InChI=1S/C29H35N3O5/c1-20-17-21(7-8-24(20)27(34)35)18-26(33)32-15-11-29(12-16-32,23-5-3-2-4-6-23)30-28(36)37-25-19-31-13-9-22(25)10-14-31/h2-8,17,22,25H,9-16,18-19H2,1H3,(H,30,36)(H,34,35)/t25-/m0/s1. The van der Waals surface area contributed by atoms with Crippen LogP contribution < -0.4 is 5.32 Å². The summed E-state index contributed by atoms with van der Waals surface area (Å²) in [4.78, 5) is 41.7. The van der Waals surface area contributed by atoms with Crippen molar-refractivity contribution in [2.45, 2.75) is 50.7 Å². The number of carbonyl (C=O) groups is 3. The molecular formula is C29H35N3O5. The number of hydrogen-bond acceptors (Lipinski definition) is 5. The number of hydrogen-bond donors (Lipinski definition) is 2. The van der Waals surface area contributed by atoms with Crippen LogP contribution in [0.15, 0.2) is 48.5 Å². The molecule has 2 amide bonds. The molecule has 1 atom stereocenters. The van der Waals surface area contributed by atoms with Crippen LogP contribution in [0.5, 0.6) is 0 Å². The molecule has 4 aliphatic heterocycles. The maximum Gasteiger partial charge on any atom is 0.408 e. The van der Waals surface area contributed by atoms with E-state index in [9.17, 15) is 19.5 Å². The van der Waals surface area contributed by atoms with E-state index in [2.05, 4.69) is 10.2 Å². The minimum atomic E-state index is -0.969. The molecule has 2 aromatic carbocycles. The van der Waals surface area contributed by atoms with E-state index < -0.39 is 11.5 Å². The molecule has 8 heteroatoms. The molecular weight excluding hydrogens is 470 g/mol. The zero-order chi connectivity index (χ0) is 26.0. The summed E-state index contributed by atoms with van der Waals surface area (Å²) in [6, 6.07) is 15.0. The first kappa shape index (κ1) is 25.3. The second-order valence-corrected chi connectivity index (χ2v) is 10.7. The highest BCUT2D eigenvalue weighted by Crippen LogP contribution is 2.34. The number of nitrogens with zero attached hydrogens (tertiary/aromatic N) is 2. The molecule has 4 saturated heterocycles. The van der Waals surface area contributed by atoms with Crippen molar-refractivity contribution in [2.24, 2.45) is 5.92 Å². The lowest BCUT2D eigenvalue weighted by Gasteiger charge is -2.45. The van der Waals surface area contributed by atoms with Crippen LogP contribution in [0.3, 0.4) is 0 Å². The van der Waals surface area contributed by atoms with Gasteiger partial charge in [0.2, 0.25) is 5.91 Å². The Morgan fingerprint density at radius 3 is 2.32 bits per heavy atom. The Hall–Kier alpha value is -3.39. The zero-order valence-corrected chi connectivity index (χ0v) is 21.3. The second kappa shape index (κ2) is 10.5. The summed E-state index contributed by atoms with van der Waals surface area (Å²) in [5, 5.41) is 12.5. The highest BCUT2D eigenvalue weighted by atomic mass is 16.6. The number of carboxylic acids is 1. The van der Waals surface area contributed by atoms with Gasteiger partial charge in [-0.05, 0) is 74.4 Å². The molecule has 37 heavy (non-hydrogen) atoms. The number of aryl methyl sites for hydroxylation is 1. The summed E-state index contributed by atoms with van der Waals surface area (Å²) in [5.41, 5.74) is 2.12. The highest BCUT2D eigenvalue weighted by molar-refractivity contribution is 5.89. The van der Waals surface area contributed by atoms with Crippen molar-refractivity contribution in [3.8, 4) is 0 Å². The number of nitrogens with one attached hydrogen (secondary N) is 1. The molecule has 2 bridgehead atoms. The van der Waals surface area contributed by atoms with Crippen molar-refractivity contribution in [2.75, 3.05) is 32.7 Å². The van der Waals surface area contributed by atoms with Crippen LogP contribution in [-0.2, 0) is 21.5 Å². The van der Waals surface area contributed by atoms with E-state index in [1.807, 2.05) is 35.2 Å². The summed E-state index contributed by atoms with van der Waals surface area (Å²) >= 11 is 0. The molecule has 0 saturated carbocycles. The first-order valence-corrected chi connectivity index (χ1v) is 13.2. The Bertz CT molecular complexity index is 1150. The van der Waals surface area contributed by atoms with Gasteiger partial charge < -0.3 is 20.1 Å². The van der Waals surface area contributed by atoms with Crippen LogP contribution in [0.25, 0.3) is 0 Å². The van der Waals surface area contributed by atoms with Crippen molar-refractivity contribution < 1.29 is 24.2 Å². The predicted octanol–water partition coefficient (Wildman–Crippen LogP) is 3.57. The van der Waals surface area contributed by atoms with Gasteiger partial charge >= 0.3 is 12.1 Å². The smallest absolute Gasteiger partial charge is 0.408 e. The van der Waals surface area contributed by atoms with Crippen molar-refractivity contribution in [1.29, 1.82) is 0 Å². The maximum absolute atomic E-state index is 13.1. The number of carbonyl (C=O) groups excluding carboxylic acids is 2. The van der Waals surface area contributed by atoms with E-state index in [-0.39, 0.29) is 30.1 Å². The number of aromatic carboxylic acids is 1. The second-order valence-electron chi connectivity index (χ2n) is 10.7. The largest absolute Gasteiger partial charge is 0.478 e. The van der Waals surface area contributed by atoms with Crippen LogP contribution >= 0.6 is 0 Å². The molecule has 4 fully saturated rings. The Morgan fingerprint density at radius 1 is 1.03 bits per heavy atom. The summed E-state index contributed by atoms with van der Waals surface area (Å²) < 4.78 is 5.95. The van der Waals surface area contributed by atoms with Gasteiger partial charge in [-0.15, -0.1) is 0 Å². The van der Waals surface area contributed by atoms with Crippen LogP contribution in [0.2, 0.25) is 0 Å². The van der Waals surface area contributed by atoms with Gasteiger partial charge in [0.05, 0.1) is 17.5 Å². The minimum Gasteiger partial charge on any atom is -0.478 e. The van der Waals surface area contributed by atoms with E-state index in [0.29, 0.717) is 37.4 Å². The predicted molar refractivity (Wildman–Crippen MR) is 138 cm³/mol. The van der Waals surface area contributed by atoms with E-state index in [1.54, 1.807) is 25.1 Å². The Kier molecular flexibility index (Phi) is 7.20. The Labute approximate surface area is 217 Å². The summed E-state index contributed by atoms with van der Waals surface area (Å²) in [6.45, 7) is 5.76. The monoisotopic (exact) mass is 505 g/mol. The number of fused-ring (bicyclic) bond motifs is 3. The zero-order valence-electron chi connectivity index (χ0n) is 21.3. The number of ether oxygens (including phenoxy) is 1. The molecule has 4 heterocycles.